The highest BCUT2D eigenvalue weighted by molar-refractivity contribution is 7.09. The fourth-order valence-electron chi connectivity index (χ4n) is 3.18. The summed E-state index contributed by atoms with van der Waals surface area (Å²) in [7, 11) is 0. The molecule has 2 aromatic heterocycles. The molecule has 0 N–H and O–H groups in total. The minimum absolute atomic E-state index is 0.0509. The van der Waals surface area contributed by atoms with Crippen molar-refractivity contribution < 1.29 is 4.79 Å². The lowest BCUT2D eigenvalue weighted by Crippen LogP contribution is -2.39. The molecule has 8 heteroatoms. The topological polar surface area (TPSA) is 51.0 Å². The minimum Gasteiger partial charge on any atom is -0.337 e. The Kier molecular flexibility index (Phi) is 4.98. The highest BCUT2D eigenvalue weighted by Gasteiger charge is 2.27. The molecule has 1 atom stereocenters. The zero-order chi connectivity index (χ0) is 18.1. The quantitative estimate of drug-likeness (QED) is 0.635. The fraction of sp³-hybridized carbons (Fsp3) is 0.278. The molecule has 1 fully saturated rings. The van der Waals surface area contributed by atoms with E-state index in [1.165, 1.54) is 0 Å². The van der Waals surface area contributed by atoms with E-state index in [0.717, 1.165) is 30.1 Å². The standard InChI is InChI=1S/C18H16Cl2N4OS/c19-14-4-3-13(8-15(14)20)24-10-16(22-11-24)18(25)23-6-1-2-12(9-23)17-21-5-7-26-17/h3-5,7-8,10-12H,1-2,6,9H2/t12-/m1/s1. The third-order valence-electron chi connectivity index (χ3n) is 4.51. The van der Waals surface area contributed by atoms with Gasteiger partial charge in [0, 0.05) is 42.5 Å². The van der Waals surface area contributed by atoms with Gasteiger partial charge in [-0.05, 0) is 31.0 Å². The van der Waals surface area contributed by atoms with Crippen LogP contribution in [-0.2, 0) is 0 Å². The Morgan fingerprint density at radius 3 is 2.88 bits per heavy atom. The molecule has 4 rings (SSSR count). The molecule has 26 heavy (non-hydrogen) atoms. The zero-order valence-electron chi connectivity index (χ0n) is 13.8. The summed E-state index contributed by atoms with van der Waals surface area (Å²) in [5.41, 5.74) is 1.24. The highest BCUT2D eigenvalue weighted by Crippen LogP contribution is 2.29. The van der Waals surface area contributed by atoms with E-state index in [0.29, 0.717) is 28.2 Å². The molecule has 3 aromatic rings. The number of likely N-dealkylation sites (tertiary alicyclic amines) is 1. The third-order valence-corrected chi connectivity index (χ3v) is 6.19. The first-order valence-corrected chi connectivity index (χ1v) is 9.93. The lowest BCUT2D eigenvalue weighted by Gasteiger charge is -2.31. The zero-order valence-corrected chi connectivity index (χ0v) is 16.1. The minimum atomic E-state index is -0.0509. The van der Waals surface area contributed by atoms with Crippen LogP contribution in [0.15, 0.2) is 42.3 Å². The van der Waals surface area contributed by atoms with Crippen LogP contribution in [0.3, 0.4) is 0 Å². The van der Waals surface area contributed by atoms with Gasteiger partial charge in [-0.25, -0.2) is 9.97 Å². The van der Waals surface area contributed by atoms with Crippen LogP contribution in [0.4, 0.5) is 0 Å². The van der Waals surface area contributed by atoms with Crippen LogP contribution in [0.1, 0.15) is 34.3 Å². The molecule has 0 spiro atoms. The van der Waals surface area contributed by atoms with E-state index < -0.39 is 0 Å². The second-order valence-corrected chi connectivity index (χ2v) is 7.97. The van der Waals surface area contributed by atoms with Crippen molar-refractivity contribution >= 4 is 40.4 Å². The Hall–Kier alpha value is -1.89. The van der Waals surface area contributed by atoms with Crippen molar-refractivity contribution in [1.29, 1.82) is 0 Å². The van der Waals surface area contributed by atoms with Gasteiger partial charge in [0.2, 0.25) is 0 Å². The van der Waals surface area contributed by atoms with Crippen LogP contribution < -0.4 is 0 Å². The van der Waals surface area contributed by atoms with Crippen molar-refractivity contribution in [2.45, 2.75) is 18.8 Å². The van der Waals surface area contributed by atoms with Crippen molar-refractivity contribution in [2.75, 3.05) is 13.1 Å². The number of nitrogens with zero attached hydrogens (tertiary/aromatic N) is 4. The van der Waals surface area contributed by atoms with Crippen LogP contribution in [0.2, 0.25) is 10.0 Å². The Morgan fingerprint density at radius 1 is 1.23 bits per heavy atom. The number of aromatic nitrogens is 3. The number of halogens is 2. The SMILES string of the molecule is O=C(c1cn(-c2ccc(Cl)c(Cl)c2)cn1)N1CCC[C@@H](c2nccs2)C1. The van der Waals surface area contributed by atoms with Crippen LogP contribution in [-0.4, -0.2) is 38.4 Å². The molecule has 0 aliphatic carbocycles. The summed E-state index contributed by atoms with van der Waals surface area (Å²) >= 11 is 13.7. The van der Waals surface area contributed by atoms with Crippen LogP contribution in [0.25, 0.3) is 5.69 Å². The molecule has 1 saturated heterocycles. The summed E-state index contributed by atoms with van der Waals surface area (Å²) in [6.07, 6.45) is 7.21. The summed E-state index contributed by atoms with van der Waals surface area (Å²) in [6.45, 7) is 1.44. The lowest BCUT2D eigenvalue weighted by molar-refractivity contribution is 0.0701. The lowest BCUT2D eigenvalue weighted by atomic mass is 9.98. The molecule has 0 bridgehead atoms. The van der Waals surface area contributed by atoms with Gasteiger partial charge in [0.15, 0.2) is 0 Å². The maximum atomic E-state index is 12.9. The second kappa shape index (κ2) is 7.39. The van der Waals surface area contributed by atoms with Crippen molar-refractivity contribution in [3.05, 3.63) is 63.0 Å². The molecule has 1 aliphatic heterocycles. The molecule has 0 saturated carbocycles. The van der Waals surface area contributed by atoms with E-state index in [4.69, 9.17) is 23.2 Å². The van der Waals surface area contributed by atoms with E-state index >= 15 is 0 Å². The van der Waals surface area contributed by atoms with Crippen molar-refractivity contribution in [1.82, 2.24) is 19.4 Å². The van der Waals surface area contributed by atoms with E-state index in [2.05, 4.69) is 9.97 Å². The summed E-state index contributed by atoms with van der Waals surface area (Å²) in [4.78, 5) is 23.4. The van der Waals surface area contributed by atoms with E-state index in [1.807, 2.05) is 22.5 Å². The smallest absolute Gasteiger partial charge is 0.274 e. The van der Waals surface area contributed by atoms with Crippen LogP contribution in [0, 0.1) is 0 Å². The molecule has 5 nitrogen and oxygen atoms in total. The number of piperidine rings is 1. The normalized spacial score (nSPS) is 17.5. The van der Waals surface area contributed by atoms with Gasteiger partial charge in [-0.1, -0.05) is 23.2 Å². The summed E-state index contributed by atoms with van der Waals surface area (Å²) in [5.74, 6) is 0.259. The van der Waals surface area contributed by atoms with Crippen LogP contribution >= 0.6 is 34.5 Å². The summed E-state index contributed by atoms with van der Waals surface area (Å²) < 4.78 is 1.78. The Balaban J connectivity index is 1.51. The first-order valence-electron chi connectivity index (χ1n) is 8.30. The molecule has 0 radical (unpaired) electrons. The number of benzene rings is 1. The van der Waals surface area contributed by atoms with E-state index in [-0.39, 0.29) is 5.91 Å². The molecule has 134 valence electrons. The van der Waals surface area contributed by atoms with Crippen molar-refractivity contribution in [3.63, 3.8) is 0 Å². The maximum Gasteiger partial charge on any atom is 0.274 e. The molecule has 0 unspecified atom stereocenters. The van der Waals surface area contributed by atoms with Gasteiger partial charge in [-0.15, -0.1) is 11.3 Å². The van der Waals surface area contributed by atoms with Crippen molar-refractivity contribution in [2.24, 2.45) is 0 Å². The molecular formula is C18H16Cl2N4OS. The average Bonchev–Trinajstić information content (AvgIpc) is 3.35. The van der Waals surface area contributed by atoms with E-state index in [9.17, 15) is 4.79 Å². The predicted octanol–water partition coefficient (Wildman–Crippen LogP) is 4.66. The number of hydrogen-bond donors (Lipinski definition) is 0. The number of thiazole rings is 1. The monoisotopic (exact) mass is 406 g/mol. The van der Waals surface area contributed by atoms with Crippen molar-refractivity contribution in [3.8, 4) is 5.69 Å². The molecular weight excluding hydrogens is 391 g/mol. The third kappa shape index (κ3) is 3.49. The number of carbonyl (C=O) groups is 1. The number of imidazole rings is 1. The second-order valence-electron chi connectivity index (χ2n) is 6.23. The van der Waals surface area contributed by atoms with Gasteiger partial charge in [0.05, 0.1) is 15.1 Å². The fourth-order valence-corrected chi connectivity index (χ4v) is 4.24. The largest absolute Gasteiger partial charge is 0.337 e. The van der Waals surface area contributed by atoms with Gasteiger partial charge in [-0.2, -0.15) is 0 Å². The van der Waals surface area contributed by atoms with Crippen LogP contribution in [0.5, 0.6) is 0 Å². The number of amides is 1. The van der Waals surface area contributed by atoms with Gasteiger partial charge in [0.1, 0.15) is 12.0 Å². The average molecular weight is 407 g/mol. The first kappa shape index (κ1) is 17.5. The number of hydrogen-bond acceptors (Lipinski definition) is 4. The van der Waals surface area contributed by atoms with Gasteiger partial charge in [0.25, 0.3) is 5.91 Å². The molecule has 1 aromatic carbocycles. The highest BCUT2D eigenvalue weighted by atomic mass is 35.5. The maximum absolute atomic E-state index is 12.9. The number of rotatable bonds is 3. The Labute approximate surface area is 165 Å². The Morgan fingerprint density at radius 2 is 2.12 bits per heavy atom. The number of carbonyl (C=O) groups excluding carboxylic acids is 1. The molecule has 1 aliphatic rings. The Bertz CT molecular complexity index is 925. The van der Waals surface area contributed by atoms with Gasteiger partial charge in [-0.3, -0.25) is 4.79 Å². The summed E-state index contributed by atoms with van der Waals surface area (Å²) in [5, 5.41) is 4.04. The van der Waals surface area contributed by atoms with Gasteiger partial charge >= 0.3 is 0 Å². The molecule has 1 amide bonds. The van der Waals surface area contributed by atoms with Gasteiger partial charge < -0.3 is 9.47 Å². The summed E-state index contributed by atoms with van der Waals surface area (Å²) in [6, 6.07) is 5.31. The molecule has 3 heterocycles. The van der Waals surface area contributed by atoms with E-state index in [1.54, 1.807) is 40.6 Å². The first-order chi connectivity index (χ1) is 12.6. The predicted molar refractivity (Wildman–Crippen MR) is 104 cm³/mol.